The van der Waals surface area contributed by atoms with E-state index in [9.17, 15) is 18.0 Å². The molecule has 0 aliphatic carbocycles. The van der Waals surface area contributed by atoms with Gasteiger partial charge in [-0.2, -0.15) is 17.9 Å². The molecule has 4 heterocycles. The number of hydrogen-bond donors (Lipinski definition) is 0. The van der Waals surface area contributed by atoms with Gasteiger partial charge in [-0.1, -0.05) is 6.07 Å². The molecule has 0 saturated carbocycles. The van der Waals surface area contributed by atoms with Crippen molar-refractivity contribution < 1.29 is 17.6 Å². The molecule has 3 aromatic heterocycles. The number of aromatic nitrogens is 3. The fourth-order valence-corrected chi connectivity index (χ4v) is 3.81. The first-order chi connectivity index (χ1) is 13.9. The molecule has 0 atom stereocenters. The summed E-state index contributed by atoms with van der Waals surface area (Å²) in [7, 11) is 0. The third-order valence-corrected chi connectivity index (χ3v) is 5.52. The van der Waals surface area contributed by atoms with E-state index < -0.39 is 17.5 Å². The normalized spacial score (nSPS) is 16.2. The lowest BCUT2D eigenvalue weighted by Gasteiger charge is -2.22. The van der Waals surface area contributed by atoms with Crippen LogP contribution < -0.4 is 10.7 Å². The van der Waals surface area contributed by atoms with Gasteiger partial charge >= 0.3 is 11.9 Å². The number of nitrogens with zero attached hydrogens (tertiary/aromatic N) is 5. The summed E-state index contributed by atoms with van der Waals surface area (Å²) in [5, 5.41) is 6.14. The minimum atomic E-state index is -4.39. The number of pyridine rings is 1. The van der Waals surface area contributed by atoms with Gasteiger partial charge in [-0.3, -0.25) is 4.90 Å². The standard InChI is InChI=1S/C18H18F3N5O2S/c19-18(20,21)13-4-5-15(22-11-13)25-7-2-6-24(8-9-25)12-26-17(27)28-16(23-26)14-3-1-10-29-14/h1,3-5,10-11H,2,6-9,12H2. The van der Waals surface area contributed by atoms with Crippen molar-refractivity contribution in [3.8, 4) is 10.8 Å². The minimum absolute atomic E-state index is 0.294. The molecule has 4 rings (SSSR count). The van der Waals surface area contributed by atoms with Crippen LogP contribution in [-0.2, 0) is 12.8 Å². The van der Waals surface area contributed by atoms with Gasteiger partial charge < -0.3 is 9.32 Å². The zero-order chi connectivity index (χ0) is 20.4. The maximum atomic E-state index is 12.7. The molecular formula is C18H18F3N5O2S. The van der Waals surface area contributed by atoms with Gasteiger partial charge in [0.25, 0.3) is 5.89 Å². The van der Waals surface area contributed by atoms with Gasteiger partial charge in [0.15, 0.2) is 0 Å². The van der Waals surface area contributed by atoms with Crippen LogP contribution in [0.2, 0.25) is 0 Å². The molecule has 0 bridgehead atoms. The van der Waals surface area contributed by atoms with Crippen molar-refractivity contribution in [1.29, 1.82) is 0 Å². The number of rotatable bonds is 4. The summed E-state index contributed by atoms with van der Waals surface area (Å²) < 4.78 is 44.6. The first kappa shape index (κ1) is 19.6. The smallest absolute Gasteiger partial charge is 0.387 e. The molecule has 0 spiro atoms. The molecule has 1 saturated heterocycles. The lowest BCUT2D eigenvalue weighted by atomic mass is 10.2. The average Bonchev–Trinajstić information content (AvgIpc) is 3.27. The van der Waals surface area contributed by atoms with Crippen LogP contribution in [0.5, 0.6) is 0 Å². The highest BCUT2D eigenvalue weighted by Crippen LogP contribution is 2.29. The van der Waals surface area contributed by atoms with Crippen molar-refractivity contribution in [1.82, 2.24) is 19.7 Å². The van der Waals surface area contributed by atoms with E-state index in [1.165, 1.54) is 22.1 Å². The Bertz CT molecular complexity index is 998. The Labute approximate surface area is 168 Å². The molecule has 0 amide bonds. The molecule has 1 fully saturated rings. The third kappa shape index (κ3) is 4.51. The van der Waals surface area contributed by atoms with Crippen molar-refractivity contribution in [2.24, 2.45) is 0 Å². The Morgan fingerprint density at radius 3 is 2.69 bits per heavy atom. The van der Waals surface area contributed by atoms with E-state index >= 15 is 0 Å². The van der Waals surface area contributed by atoms with Crippen LogP contribution in [0.4, 0.5) is 19.0 Å². The second-order valence-corrected chi connectivity index (χ2v) is 7.60. The van der Waals surface area contributed by atoms with E-state index in [4.69, 9.17) is 4.42 Å². The molecule has 1 aliphatic rings. The van der Waals surface area contributed by atoms with Crippen LogP contribution in [0, 0.1) is 0 Å². The Morgan fingerprint density at radius 2 is 2.00 bits per heavy atom. The number of anilines is 1. The summed E-state index contributed by atoms with van der Waals surface area (Å²) in [4.78, 5) is 20.9. The molecule has 7 nitrogen and oxygen atoms in total. The number of hydrogen-bond acceptors (Lipinski definition) is 7. The Hall–Kier alpha value is -2.66. The van der Waals surface area contributed by atoms with Crippen LogP contribution in [0.1, 0.15) is 12.0 Å². The van der Waals surface area contributed by atoms with Gasteiger partial charge in [0, 0.05) is 32.4 Å². The fourth-order valence-electron chi connectivity index (χ4n) is 3.17. The molecule has 29 heavy (non-hydrogen) atoms. The second-order valence-electron chi connectivity index (χ2n) is 6.65. The summed E-state index contributed by atoms with van der Waals surface area (Å²) >= 11 is 1.44. The van der Waals surface area contributed by atoms with Crippen molar-refractivity contribution in [3.63, 3.8) is 0 Å². The van der Waals surface area contributed by atoms with Crippen molar-refractivity contribution in [2.45, 2.75) is 19.3 Å². The highest BCUT2D eigenvalue weighted by Gasteiger charge is 2.31. The van der Waals surface area contributed by atoms with E-state index in [2.05, 4.69) is 15.0 Å². The summed E-state index contributed by atoms with van der Waals surface area (Å²) in [6.45, 7) is 2.90. The summed E-state index contributed by atoms with van der Waals surface area (Å²) in [6, 6.07) is 6.14. The maximum Gasteiger partial charge on any atom is 0.438 e. The Morgan fingerprint density at radius 1 is 1.14 bits per heavy atom. The van der Waals surface area contributed by atoms with Crippen LogP contribution >= 0.6 is 11.3 Å². The quantitative estimate of drug-likeness (QED) is 0.640. The molecule has 0 aromatic carbocycles. The fraction of sp³-hybridized carbons (Fsp3) is 0.389. The minimum Gasteiger partial charge on any atom is -0.387 e. The van der Waals surface area contributed by atoms with Crippen LogP contribution in [0.15, 0.2) is 45.1 Å². The average molecular weight is 425 g/mol. The van der Waals surface area contributed by atoms with E-state index in [0.717, 1.165) is 30.1 Å². The van der Waals surface area contributed by atoms with E-state index in [1.54, 1.807) is 0 Å². The Kier molecular flexibility index (Phi) is 5.41. The van der Waals surface area contributed by atoms with Gasteiger partial charge in [-0.25, -0.2) is 9.78 Å². The molecule has 0 unspecified atom stereocenters. The van der Waals surface area contributed by atoms with E-state index in [-0.39, 0.29) is 0 Å². The monoisotopic (exact) mass is 425 g/mol. The summed E-state index contributed by atoms with van der Waals surface area (Å²) in [6.07, 6.45) is -2.75. The van der Waals surface area contributed by atoms with E-state index in [0.29, 0.717) is 38.0 Å². The highest BCUT2D eigenvalue weighted by molar-refractivity contribution is 7.13. The topological polar surface area (TPSA) is 67.4 Å². The molecule has 3 aromatic rings. The second kappa shape index (κ2) is 7.99. The van der Waals surface area contributed by atoms with Crippen molar-refractivity contribution in [2.75, 3.05) is 31.1 Å². The predicted octanol–water partition coefficient (Wildman–Crippen LogP) is 3.15. The van der Waals surface area contributed by atoms with Crippen molar-refractivity contribution >= 4 is 17.2 Å². The first-order valence-electron chi connectivity index (χ1n) is 9.02. The molecule has 0 N–H and O–H groups in total. The van der Waals surface area contributed by atoms with Crippen LogP contribution in [-0.4, -0.2) is 45.8 Å². The highest BCUT2D eigenvalue weighted by atomic mass is 32.1. The SMILES string of the molecule is O=c1oc(-c2cccs2)nn1CN1CCCN(c2ccc(C(F)(F)F)cn2)CC1. The molecular weight excluding hydrogens is 407 g/mol. The Balaban J connectivity index is 1.40. The summed E-state index contributed by atoms with van der Waals surface area (Å²) in [5.41, 5.74) is -0.760. The molecule has 11 heteroatoms. The van der Waals surface area contributed by atoms with Crippen LogP contribution in [0.3, 0.4) is 0 Å². The number of halogens is 3. The number of thiophene rings is 1. The van der Waals surface area contributed by atoms with Gasteiger partial charge in [-0.05, 0) is 30.0 Å². The zero-order valence-electron chi connectivity index (χ0n) is 15.3. The molecule has 1 aliphatic heterocycles. The summed E-state index contributed by atoms with van der Waals surface area (Å²) in [5.74, 6) is 0.299. The lowest BCUT2D eigenvalue weighted by molar-refractivity contribution is -0.137. The van der Waals surface area contributed by atoms with Crippen LogP contribution in [0.25, 0.3) is 10.8 Å². The lowest BCUT2D eigenvalue weighted by Crippen LogP contribution is -2.35. The zero-order valence-corrected chi connectivity index (χ0v) is 16.1. The maximum absolute atomic E-state index is 12.7. The molecule has 0 radical (unpaired) electrons. The predicted molar refractivity (Wildman–Crippen MR) is 102 cm³/mol. The molecule has 154 valence electrons. The number of alkyl halides is 3. The van der Waals surface area contributed by atoms with Gasteiger partial charge in [-0.15, -0.1) is 16.4 Å². The third-order valence-electron chi connectivity index (χ3n) is 4.66. The first-order valence-corrected chi connectivity index (χ1v) is 9.90. The largest absolute Gasteiger partial charge is 0.438 e. The van der Waals surface area contributed by atoms with Crippen molar-refractivity contribution in [3.05, 3.63) is 52.0 Å². The van der Waals surface area contributed by atoms with Gasteiger partial charge in [0.2, 0.25) is 0 Å². The van der Waals surface area contributed by atoms with Gasteiger partial charge in [0.05, 0.1) is 10.4 Å². The van der Waals surface area contributed by atoms with Gasteiger partial charge in [0.1, 0.15) is 12.5 Å². The van der Waals surface area contributed by atoms with E-state index in [1.807, 2.05) is 22.4 Å².